The average molecular weight is 518 g/mol. The number of aryl methyl sites for hydroxylation is 1. The molecule has 4 aromatic rings. The van der Waals surface area contributed by atoms with E-state index < -0.39 is 12.1 Å². The van der Waals surface area contributed by atoms with E-state index in [9.17, 15) is 14.4 Å². The molecule has 0 saturated carbocycles. The summed E-state index contributed by atoms with van der Waals surface area (Å²) in [5, 5.41) is 5.98. The lowest BCUT2D eigenvalue weighted by Gasteiger charge is -2.35. The van der Waals surface area contributed by atoms with Crippen LogP contribution in [0.1, 0.15) is 33.5 Å². The molecule has 1 aliphatic heterocycles. The van der Waals surface area contributed by atoms with Gasteiger partial charge in [0.15, 0.2) is 0 Å². The van der Waals surface area contributed by atoms with E-state index in [1.807, 2.05) is 91.0 Å². The van der Waals surface area contributed by atoms with Gasteiger partial charge in [0.25, 0.3) is 5.91 Å². The van der Waals surface area contributed by atoms with Gasteiger partial charge in [-0.2, -0.15) is 0 Å². The van der Waals surface area contributed by atoms with Crippen LogP contribution in [-0.4, -0.2) is 34.7 Å². The van der Waals surface area contributed by atoms with Gasteiger partial charge in [-0.1, -0.05) is 103 Å². The second-order valence-electron chi connectivity index (χ2n) is 9.70. The summed E-state index contributed by atoms with van der Waals surface area (Å²) in [5.41, 5.74) is 3.76. The van der Waals surface area contributed by atoms with Crippen LogP contribution in [-0.2, 0) is 29.0 Å². The molecule has 3 amide bonds. The number of amides is 3. The SMILES string of the molecule is O=C(NCc1ccccc1)C(CCc1ccccc1)N1C(=O)c2ccccc2NC(=O)[C@@H]1Cc1ccccc1. The predicted octanol–water partition coefficient (Wildman–Crippen LogP) is 5.01. The summed E-state index contributed by atoms with van der Waals surface area (Å²) < 4.78 is 0. The number of benzene rings is 4. The lowest BCUT2D eigenvalue weighted by molar-refractivity contribution is -0.129. The van der Waals surface area contributed by atoms with Crippen LogP contribution in [0.3, 0.4) is 0 Å². The highest BCUT2D eigenvalue weighted by Crippen LogP contribution is 2.28. The van der Waals surface area contributed by atoms with Crippen LogP contribution in [0.25, 0.3) is 0 Å². The lowest BCUT2D eigenvalue weighted by Crippen LogP contribution is -2.57. The maximum Gasteiger partial charge on any atom is 0.257 e. The number of hydrogen-bond acceptors (Lipinski definition) is 3. The van der Waals surface area contributed by atoms with E-state index in [4.69, 9.17) is 0 Å². The van der Waals surface area contributed by atoms with Crippen molar-refractivity contribution in [1.29, 1.82) is 0 Å². The third-order valence-electron chi connectivity index (χ3n) is 7.06. The first-order valence-corrected chi connectivity index (χ1v) is 13.2. The maximum absolute atomic E-state index is 14.2. The van der Waals surface area contributed by atoms with Gasteiger partial charge in [0.1, 0.15) is 12.1 Å². The summed E-state index contributed by atoms with van der Waals surface area (Å²) >= 11 is 0. The molecule has 0 fully saturated rings. The molecule has 6 heteroatoms. The molecule has 4 aromatic carbocycles. The zero-order chi connectivity index (χ0) is 27.0. The Morgan fingerprint density at radius 2 is 1.31 bits per heavy atom. The van der Waals surface area contributed by atoms with Crippen molar-refractivity contribution in [2.24, 2.45) is 0 Å². The van der Waals surface area contributed by atoms with E-state index in [1.54, 1.807) is 24.3 Å². The van der Waals surface area contributed by atoms with E-state index in [-0.39, 0.29) is 17.7 Å². The number of nitrogens with one attached hydrogen (secondary N) is 2. The molecule has 2 N–H and O–H groups in total. The van der Waals surface area contributed by atoms with Crippen LogP contribution in [0.2, 0.25) is 0 Å². The largest absolute Gasteiger partial charge is 0.350 e. The van der Waals surface area contributed by atoms with Gasteiger partial charge in [-0.25, -0.2) is 0 Å². The molecule has 0 aromatic heterocycles. The summed E-state index contributed by atoms with van der Waals surface area (Å²) in [7, 11) is 0. The molecule has 0 bridgehead atoms. The molecule has 1 unspecified atom stereocenters. The summed E-state index contributed by atoms with van der Waals surface area (Å²) in [4.78, 5) is 43.2. The minimum absolute atomic E-state index is 0.284. The molecule has 0 saturated heterocycles. The van der Waals surface area contributed by atoms with E-state index in [2.05, 4.69) is 10.6 Å². The Morgan fingerprint density at radius 1 is 0.744 bits per heavy atom. The Bertz CT molecular complexity index is 1420. The fraction of sp³-hybridized carbons (Fsp3) is 0.182. The first-order valence-electron chi connectivity index (χ1n) is 13.2. The first-order chi connectivity index (χ1) is 19.1. The number of hydrogen-bond donors (Lipinski definition) is 2. The molecule has 0 radical (unpaired) electrons. The van der Waals surface area contributed by atoms with Crippen molar-refractivity contribution in [1.82, 2.24) is 10.2 Å². The standard InChI is InChI=1S/C33H31N3O3/c37-31(34-23-26-16-8-3-9-17-26)29(21-20-24-12-4-1-5-13-24)36-30(22-25-14-6-2-7-15-25)32(38)35-28-19-11-10-18-27(28)33(36)39/h1-19,29-30H,20-23H2,(H,34,37)(H,35,38)/t29?,30-/m0/s1. The molecular formula is C33H31N3O3. The monoisotopic (exact) mass is 517 g/mol. The van der Waals surface area contributed by atoms with Crippen molar-refractivity contribution < 1.29 is 14.4 Å². The Kier molecular flexibility index (Phi) is 8.12. The number of carbonyl (C=O) groups excluding carboxylic acids is 3. The quantitative estimate of drug-likeness (QED) is 0.328. The summed E-state index contributed by atoms with van der Waals surface area (Å²) in [6.07, 6.45) is 1.24. The third-order valence-corrected chi connectivity index (χ3v) is 7.06. The van der Waals surface area contributed by atoms with Crippen molar-refractivity contribution in [2.75, 3.05) is 5.32 Å². The predicted molar refractivity (Wildman–Crippen MR) is 152 cm³/mol. The molecule has 6 nitrogen and oxygen atoms in total. The van der Waals surface area contributed by atoms with Gasteiger partial charge < -0.3 is 15.5 Å². The third kappa shape index (κ3) is 6.24. The second-order valence-corrected chi connectivity index (χ2v) is 9.70. The number of anilines is 1. The van der Waals surface area contributed by atoms with Crippen LogP contribution in [0.5, 0.6) is 0 Å². The van der Waals surface area contributed by atoms with Crippen molar-refractivity contribution >= 4 is 23.4 Å². The summed E-state index contributed by atoms with van der Waals surface area (Å²) in [6.45, 7) is 0.329. The molecule has 1 aliphatic rings. The number of para-hydroxylation sites is 1. The fourth-order valence-corrected chi connectivity index (χ4v) is 5.04. The minimum atomic E-state index is -0.865. The van der Waals surface area contributed by atoms with Gasteiger partial charge in [0.05, 0.1) is 11.3 Å². The average Bonchev–Trinajstić information content (AvgIpc) is 3.08. The molecular weight excluding hydrogens is 486 g/mol. The number of carbonyl (C=O) groups is 3. The topological polar surface area (TPSA) is 78.5 Å². The zero-order valence-corrected chi connectivity index (χ0v) is 21.6. The second kappa shape index (κ2) is 12.2. The normalized spacial score (nSPS) is 15.6. The van der Waals surface area contributed by atoms with Gasteiger partial charge in [0, 0.05) is 13.0 Å². The molecule has 5 rings (SSSR count). The van der Waals surface area contributed by atoms with Crippen molar-refractivity contribution in [3.63, 3.8) is 0 Å². The molecule has 2 atom stereocenters. The highest BCUT2D eigenvalue weighted by atomic mass is 16.2. The Hall–Kier alpha value is -4.71. The smallest absolute Gasteiger partial charge is 0.257 e. The van der Waals surface area contributed by atoms with Crippen molar-refractivity contribution in [3.05, 3.63) is 138 Å². The summed E-state index contributed by atoms with van der Waals surface area (Å²) in [6, 6.07) is 34.4. The van der Waals surface area contributed by atoms with E-state index in [0.29, 0.717) is 37.1 Å². The molecule has 39 heavy (non-hydrogen) atoms. The molecule has 0 spiro atoms. The fourth-order valence-electron chi connectivity index (χ4n) is 5.04. The van der Waals surface area contributed by atoms with Gasteiger partial charge in [-0.05, 0) is 41.7 Å². The minimum Gasteiger partial charge on any atom is -0.350 e. The zero-order valence-electron chi connectivity index (χ0n) is 21.6. The van der Waals surface area contributed by atoms with E-state index in [1.165, 1.54) is 4.90 Å². The van der Waals surface area contributed by atoms with Crippen LogP contribution in [0, 0.1) is 0 Å². The first kappa shape index (κ1) is 25.9. The number of fused-ring (bicyclic) bond motifs is 1. The highest BCUT2D eigenvalue weighted by molar-refractivity contribution is 6.11. The summed E-state index contributed by atoms with van der Waals surface area (Å²) in [5.74, 6) is -0.927. The van der Waals surface area contributed by atoms with Gasteiger partial charge in [-0.3, -0.25) is 14.4 Å². The Morgan fingerprint density at radius 3 is 1.97 bits per heavy atom. The highest BCUT2D eigenvalue weighted by Gasteiger charge is 2.41. The van der Waals surface area contributed by atoms with Crippen LogP contribution in [0.15, 0.2) is 115 Å². The Labute approximate surface area is 228 Å². The Balaban J connectivity index is 1.52. The molecule has 0 aliphatic carbocycles. The number of rotatable bonds is 9. The molecule has 1 heterocycles. The van der Waals surface area contributed by atoms with Crippen molar-refractivity contribution in [3.8, 4) is 0 Å². The van der Waals surface area contributed by atoms with Gasteiger partial charge in [0.2, 0.25) is 11.8 Å². The van der Waals surface area contributed by atoms with Gasteiger partial charge >= 0.3 is 0 Å². The number of nitrogens with zero attached hydrogens (tertiary/aromatic N) is 1. The van der Waals surface area contributed by atoms with Crippen LogP contribution in [0.4, 0.5) is 5.69 Å². The van der Waals surface area contributed by atoms with E-state index in [0.717, 1.165) is 16.7 Å². The van der Waals surface area contributed by atoms with Crippen LogP contribution < -0.4 is 10.6 Å². The lowest BCUT2D eigenvalue weighted by atomic mass is 9.97. The van der Waals surface area contributed by atoms with E-state index >= 15 is 0 Å². The maximum atomic E-state index is 14.2. The van der Waals surface area contributed by atoms with Crippen LogP contribution >= 0.6 is 0 Å². The van der Waals surface area contributed by atoms with Gasteiger partial charge in [-0.15, -0.1) is 0 Å². The van der Waals surface area contributed by atoms with Crippen molar-refractivity contribution in [2.45, 2.75) is 37.9 Å². The molecule has 196 valence electrons.